The fourth-order valence-electron chi connectivity index (χ4n) is 1.71. The van der Waals surface area contributed by atoms with E-state index < -0.39 is 0 Å². The molecule has 116 valence electrons. The number of benzene rings is 1. The maximum atomic E-state index is 12.0. The third-order valence-corrected chi connectivity index (χ3v) is 3.67. The number of nitrogens with zero attached hydrogens (tertiary/aromatic N) is 2. The first-order chi connectivity index (χ1) is 10.7. The molecular formula is C16H19N3O2S. The number of ether oxygens (including phenoxy) is 1. The molecule has 0 aliphatic rings. The monoisotopic (exact) mass is 317 g/mol. The van der Waals surface area contributed by atoms with Crippen LogP contribution in [0.2, 0.25) is 0 Å². The van der Waals surface area contributed by atoms with Crippen molar-refractivity contribution in [1.29, 1.82) is 0 Å². The number of aromatic nitrogens is 2. The van der Waals surface area contributed by atoms with Crippen molar-refractivity contribution in [2.75, 3.05) is 17.7 Å². The van der Waals surface area contributed by atoms with E-state index in [-0.39, 0.29) is 11.7 Å². The number of carbonyl (C=O) groups is 1. The summed E-state index contributed by atoms with van der Waals surface area (Å²) in [7, 11) is 0. The van der Waals surface area contributed by atoms with Crippen molar-refractivity contribution in [2.24, 2.45) is 0 Å². The van der Waals surface area contributed by atoms with Gasteiger partial charge in [0.1, 0.15) is 0 Å². The van der Waals surface area contributed by atoms with Gasteiger partial charge in [-0.05, 0) is 25.0 Å². The molecule has 22 heavy (non-hydrogen) atoms. The molecule has 0 fully saturated rings. The Morgan fingerprint density at radius 2 is 2.14 bits per heavy atom. The van der Waals surface area contributed by atoms with Gasteiger partial charge in [-0.2, -0.15) is 4.98 Å². The Morgan fingerprint density at radius 1 is 1.32 bits per heavy atom. The number of hydrogen-bond acceptors (Lipinski definition) is 5. The number of aryl methyl sites for hydroxylation is 1. The maximum Gasteiger partial charge on any atom is 0.234 e. The van der Waals surface area contributed by atoms with Crippen LogP contribution in [0.15, 0.2) is 41.7 Å². The second kappa shape index (κ2) is 8.38. The maximum absolute atomic E-state index is 12.0. The molecule has 0 saturated carbocycles. The number of para-hydroxylation sites is 1. The molecule has 1 N–H and O–H groups in total. The quantitative estimate of drug-likeness (QED) is 0.627. The Labute approximate surface area is 134 Å². The molecule has 0 unspecified atom stereocenters. The largest absolute Gasteiger partial charge is 0.478 e. The number of anilines is 1. The predicted molar refractivity (Wildman–Crippen MR) is 88.4 cm³/mol. The normalized spacial score (nSPS) is 10.3. The van der Waals surface area contributed by atoms with Gasteiger partial charge >= 0.3 is 0 Å². The first-order valence-corrected chi connectivity index (χ1v) is 8.11. The lowest BCUT2D eigenvalue weighted by molar-refractivity contribution is -0.113. The van der Waals surface area contributed by atoms with Crippen LogP contribution in [0.4, 0.5) is 5.69 Å². The molecule has 5 nitrogen and oxygen atoms in total. The summed E-state index contributed by atoms with van der Waals surface area (Å²) >= 11 is 1.29. The lowest BCUT2D eigenvalue weighted by atomic mass is 10.2. The highest BCUT2D eigenvalue weighted by molar-refractivity contribution is 7.99. The molecule has 1 amide bonds. The molecule has 0 saturated heterocycles. The molecule has 0 atom stereocenters. The van der Waals surface area contributed by atoms with Crippen LogP contribution in [-0.4, -0.2) is 28.2 Å². The van der Waals surface area contributed by atoms with Crippen molar-refractivity contribution in [3.05, 3.63) is 42.1 Å². The topological polar surface area (TPSA) is 64.1 Å². The minimum Gasteiger partial charge on any atom is -0.478 e. The SMILES string of the molecule is CCCOc1ccnc(SCC(=O)Nc2ccccc2C)n1. The van der Waals surface area contributed by atoms with Gasteiger partial charge in [0, 0.05) is 18.0 Å². The van der Waals surface area contributed by atoms with Crippen molar-refractivity contribution in [3.63, 3.8) is 0 Å². The molecule has 0 radical (unpaired) electrons. The Bertz CT molecular complexity index is 634. The Hall–Kier alpha value is -2.08. The lowest BCUT2D eigenvalue weighted by Crippen LogP contribution is -2.15. The van der Waals surface area contributed by atoms with E-state index >= 15 is 0 Å². The average molecular weight is 317 g/mol. The average Bonchev–Trinajstić information content (AvgIpc) is 2.53. The first-order valence-electron chi connectivity index (χ1n) is 7.13. The van der Waals surface area contributed by atoms with Crippen LogP contribution < -0.4 is 10.1 Å². The van der Waals surface area contributed by atoms with Crippen molar-refractivity contribution in [1.82, 2.24) is 9.97 Å². The third kappa shape index (κ3) is 5.04. The predicted octanol–water partition coefficient (Wildman–Crippen LogP) is 3.30. The van der Waals surface area contributed by atoms with E-state index in [4.69, 9.17) is 4.74 Å². The molecule has 2 rings (SSSR count). The third-order valence-electron chi connectivity index (χ3n) is 2.81. The highest BCUT2D eigenvalue weighted by Gasteiger charge is 2.07. The molecule has 1 heterocycles. The van der Waals surface area contributed by atoms with E-state index in [1.54, 1.807) is 12.3 Å². The highest BCUT2D eigenvalue weighted by atomic mass is 32.2. The molecule has 0 aliphatic heterocycles. The van der Waals surface area contributed by atoms with E-state index in [1.807, 2.05) is 38.1 Å². The first kappa shape index (κ1) is 16.3. The smallest absolute Gasteiger partial charge is 0.234 e. The van der Waals surface area contributed by atoms with Gasteiger partial charge in [0.15, 0.2) is 5.16 Å². The van der Waals surface area contributed by atoms with Gasteiger partial charge in [-0.25, -0.2) is 4.98 Å². The molecular weight excluding hydrogens is 298 g/mol. The number of rotatable bonds is 7. The highest BCUT2D eigenvalue weighted by Crippen LogP contribution is 2.17. The number of amides is 1. The molecule has 1 aromatic carbocycles. The summed E-state index contributed by atoms with van der Waals surface area (Å²) in [5, 5.41) is 3.42. The summed E-state index contributed by atoms with van der Waals surface area (Å²) in [5.41, 5.74) is 1.86. The fraction of sp³-hybridized carbons (Fsp3) is 0.312. The van der Waals surface area contributed by atoms with Crippen molar-refractivity contribution >= 4 is 23.4 Å². The number of hydrogen-bond donors (Lipinski definition) is 1. The summed E-state index contributed by atoms with van der Waals surface area (Å²) in [5.74, 6) is 0.715. The second-order valence-electron chi connectivity index (χ2n) is 4.68. The molecule has 0 spiro atoms. The van der Waals surface area contributed by atoms with Crippen molar-refractivity contribution in [2.45, 2.75) is 25.4 Å². The fourth-order valence-corrected chi connectivity index (χ4v) is 2.33. The summed E-state index contributed by atoms with van der Waals surface area (Å²) in [6.45, 7) is 4.61. The molecule has 1 aromatic heterocycles. The van der Waals surface area contributed by atoms with Crippen LogP contribution in [0.5, 0.6) is 5.88 Å². The zero-order valence-electron chi connectivity index (χ0n) is 12.7. The van der Waals surface area contributed by atoms with Crippen LogP contribution in [-0.2, 0) is 4.79 Å². The van der Waals surface area contributed by atoms with Crippen LogP contribution >= 0.6 is 11.8 Å². The number of carbonyl (C=O) groups excluding carboxylic acids is 1. The summed E-state index contributed by atoms with van der Waals surface area (Å²) < 4.78 is 5.45. The molecule has 0 bridgehead atoms. The van der Waals surface area contributed by atoms with Crippen molar-refractivity contribution < 1.29 is 9.53 Å². The van der Waals surface area contributed by atoms with Crippen LogP contribution in [0.3, 0.4) is 0 Å². The van der Waals surface area contributed by atoms with E-state index in [0.29, 0.717) is 17.6 Å². The van der Waals surface area contributed by atoms with Gasteiger partial charge in [0.05, 0.1) is 12.4 Å². The summed E-state index contributed by atoms with van der Waals surface area (Å²) in [6, 6.07) is 9.39. The van der Waals surface area contributed by atoms with Gasteiger partial charge in [-0.3, -0.25) is 4.79 Å². The van der Waals surface area contributed by atoms with Crippen molar-refractivity contribution in [3.8, 4) is 5.88 Å². The zero-order valence-corrected chi connectivity index (χ0v) is 13.5. The molecule has 0 aliphatic carbocycles. The molecule has 6 heteroatoms. The second-order valence-corrected chi connectivity index (χ2v) is 5.62. The lowest BCUT2D eigenvalue weighted by Gasteiger charge is -2.08. The van der Waals surface area contributed by atoms with E-state index in [0.717, 1.165) is 17.7 Å². The van der Waals surface area contributed by atoms with Gasteiger partial charge in [-0.1, -0.05) is 36.9 Å². The summed E-state index contributed by atoms with van der Waals surface area (Å²) in [4.78, 5) is 20.4. The van der Waals surface area contributed by atoms with Crippen LogP contribution in [0.1, 0.15) is 18.9 Å². The van der Waals surface area contributed by atoms with E-state index in [1.165, 1.54) is 11.8 Å². The Kier molecular flexibility index (Phi) is 6.21. The van der Waals surface area contributed by atoms with Crippen LogP contribution in [0, 0.1) is 6.92 Å². The minimum atomic E-state index is -0.0808. The van der Waals surface area contributed by atoms with Gasteiger partial charge < -0.3 is 10.1 Å². The Balaban J connectivity index is 1.87. The van der Waals surface area contributed by atoms with E-state index in [2.05, 4.69) is 15.3 Å². The minimum absolute atomic E-state index is 0.0808. The molecule has 2 aromatic rings. The van der Waals surface area contributed by atoms with Gasteiger partial charge in [0.2, 0.25) is 11.8 Å². The van der Waals surface area contributed by atoms with Gasteiger partial charge in [-0.15, -0.1) is 0 Å². The van der Waals surface area contributed by atoms with Crippen LogP contribution in [0.25, 0.3) is 0 Å². The summed E-state index contributed by atoms with van der Waals surface area (Å²) in [6.07, 6.45) is 2.56. The Morgan fingerprint density at radius 3 is 2.91 bits per heavy atom. The number of nitrogens with one attached hydrogen (secondary N) is 1. The van der Waals surface area contributed by atoms with E-state index in [9.17, 15) is 4.79 Å². The zero-order chi connectivity index (χ0) is 15.8. The standard InChI is InChI=1S/C16H19N3O2S/c1-3-10-21-15-8-9-17-16(19-15)22-11-14(20)18-13-7-5-4-6-12(13)2/h4-9H,3,10-11H2,1-2H3,(H,18,20). The number of thioether (sulfide) groups is 1. The van der Waals surface area contributed by atoms with Gasteiger partial charge in [0.25, 0.3) is 0 Å².